The van der Waals surface area contributed by atoms with Crippen molar-refractivity contribution in [3.05, 3.63) is 17.5 Å². The average Bonchev–Trinajstić information content (AvgIpc) is 2.64. The molecule has 0 amide bonds. The lowest BCUT2D eigenvalue weighted by Crippen LogP contribution is -2.30. The summed E-state index contributed by atoms with van der Waals surface area (Å²) in [5.41, 5.74) is 0.960. The largest absolute Gasteiger partial charge is 0.360 e. The Bertz CT molecular complexity index is 351. The molecule has 102 valence electrons. The van der Waals surface area contributed by atoms with Gasteiger partial charge in [0.1, 0.15) is 0 Å². The van der Waals surface area contributed by atoms with E-state index < -0.39 is 0 Å². The van der Waals surface area contributed by atoms with E-state index in [1.54, 1.807) is 0 Å². The molecule has 0 aliphatic carbocycles. The summed E-state index contributed by atoms with van der Waals surface area (Å²) in [6, 6.07) is 2.63. The monoisotopic (exact) mass is 251 g/mol. The molecule has 1 saturated heterocycles. The second kappa shape index (κ2) is 6.90. The quantitative estimate of drug-likeness (QED) is 0.872. The van der Waals surface area contributed by atoms with Crippen LogP contribution in [0, 0.1) is 6.92 Å². The highest BCUT2D eigenvalue weighted by Gasteiger charge is 2.16. The molecule has 1 unspecified atom stereocenters. The van der Waals surface area contributed by atoms with Crippen molar-refractivity contribution in [3.63, 3.8) is 0 Å². The molecule has 18 heavy (non-hydrogen) atoms. The summed E-state index contributed by atoms with van der Waals surface area (Å²) in [5, 5.41) is 7.51. The van der Waals surface area contributed by atoms with E-state index in [1.165, 1.54) is 45.3 Å². The first-order valence-electron chi connectivity index (χ1n) is 7.16. The fraction of sp³-hybridized carbons (Fsp3) is 0.786. The Balaban J connectivity index is 1.73. The molecule has 1 aromatic rings. The van der Waals surface area contributed by atoms with Gasteiger partial charge in [-0.3, -0.25) is 0 Å². The zero-order valence-electron chi connectivity index (χ0n) is 11.6. The molecular weight excluding hydrogens is 226 g/mol. The third kappa shape index (κ3) is 4.10. The number of likely N-dealkylation sites (tertiary alicyclic amines) is 1. The highest BCUT2D eigenvalue weighted by molar-refractivity contribution is 5.02. The van der Waals surface area contributed by atoms with Crippen molar-refractivity contribution in [2.75, 3.05) is 19.6 Å². The zero-order valence-corrected chi connectivity index (χ0v) is 11.6. The minimum atomic E-state index is 0.622. The van der Waals surface area contributed by atoms with Crippen LogP contribution in [0.1, 0.15) is 44.1 Å². The smallest absolute Gasteiger partial charge is 0.150 e. The molecule has 4 heteroatoms. The third-order valence-corrected chi connectivity index (χ3v) is 3.60. The predicted octanol–water partition coefficient (Wildman–Crippen LogP) is 2.34. The van der Waals surface area contributed by atoms with Crippen molar-refractivity contribution in [2.45, 2.75) is 52.1 Å². The maximum Gasteiger partial charge on any atom is 0.150 e. The lowest BCUT2D eigenvalue weighted by molar-refractivity contribution is 0.281. The minimum absolute atomic E-state index is 0.622. The Morgan fingerprint density at radius 3 is 3.06 bits per heavy atom. The van der Waals surface area contributed by atoms with Gasteiger partial charge in [0, 0.05) is 12.1 Å². The van der Waals surface area contributed by atoms with Crippen molar-refractivity contribution in [1.29, 1.82) is 0 Å². The normalized spacial score (nSPS) is 22.0. The standard InChI is InChI=1S/C14H25N3O/c1-3-7-17-8-4-5-13(6-9-17)15-11-14-10-12(2)16-18-14/h10,13,15H,3-9,11H2,1-2H3. The Hall–Kier alpha value is -0.870. The summed E-state index contributed by atoms with van der Waals surface area (Å²) >= 11 is 0. The van der Waals surface area contributed by atoms with E-state index >= 15 is 0 Å². The molecule has 0 bridgehead atoms. The molecule has 0 spiro atoms. The molecule has 2 rings (SSSR count). The van der Waals surface area contributed by atoms with Crippen LogP contribution in [0.25, 0.3) is 0 Å². The number of aromatic nitrogens is 1. The lowest BCUT2D eigenvalue weighted by atomic mass is 10.1. The van der Waals surface area contributed by atoms with Crippen LogP contribution >= 0.6 is 0 Å². The third-order valence-electron chi connectivity index (χ3n) is 3.60. The summed E-state index contributed by atoms with van der Waals surface area (Å²) in [6.07, 6.45) is 5.07. The highest BCUT2D eigenvalue weighted by Crippen LogP contribution is 2.12. The van der Waals surface area contributed by atoms with E-state index in [4.69, 9.17) is 4.52 Å². The highest BCUT2D eigenvalue weighted by atomic mass is 16.5. The molecule has 1 aliphatic heterocycles. The van der Waals surface area contributed by atoms with Crippen LogP contribution in [0.5, 0.6) is 0 Å². The van der Waals surface area contributed by atoms with Crippen molar-refractivity contribution in [3.8, 4) is 0 Å². The van der Waals surface area contributed by atoms with Crippen LogP contribution in [0.3, 0.4) is 0 Å². The van der Waals surface area contributed by atoms with Gasteiger partial charge in [-0.15, -0.1) is 0 Å². The van der Waals surface area contributed by atoms with E-state index in [0.29, 0.717) is 6.04 Å². The summed E-state index contributed by atoms with van der Waals surface area (Å²) in [7, 11) is 0. The van der Waals surface area contributed by atoms with Gasteiger partial charge in [0.05, 0.1) is 12.2 Å². The fourth-order valence-corrected chi connectivity index (χ4v) is 2.64. The Kier molecular flexibility index (Phi) is 5.20. The van der Waals surface area contributed by atoms with E-state index in [1.807, 2.05) is 13.0 Å². The predicted molar refractivity (Wildman–Crippen MR) is 72.4 cm³/mol. The van der Waals surface area contributed by atoms with Gasteiger partial charge < -0.3 is 14.7 Å². The van der Waals surface area contributed by atoms with Crippen LogP contribution < -0.4 is 5.32 Å². The first kappa shape index (κ1) is 13.6. The van der Waals surface area contributed by atoms with Crippen LogP contribution in [0.4, 0.5) is 0 Å². The Morgan fingerprint density at radius 1 is 1.44 bits per heavy atom. The maximum atomic E-state index is 5.22. The second-order valence-corrected chi connectivity index (χ2v) is 5.28. The average molecular weight is 251 g/mol. The van der Waals surface area contributed by atoms with E-state index in [-0.39, 0.29) is 0 Å². The van der Waals surface area contributed by atoms with Crippen LogP contribution in [-0.2, 0) is 6.54 Å². The first-order chi connectivity index (χ1) is 8.78. The van der Waals surface area contributed by atoms with E-state index in [2.05, 4.69) is 22.3 Å². The number of rotatable bonds is 5. The molecule has 0 saturated carbocycles. The SMILES string of the molecule is CCCN1CCCC(NCc2cc(C)no2)CC1. The summed E-state index contributed by atoms with van der Waals surface area (Å²) < 4.78 is 5.22. The van der Waals surface area contributed by atoms with Crippen LogP contribution in [0.2, 0.25) is 0 Å². The number of hydrogen-bond donors (Lipinski definition) is 1. The summed E-state index contributed by atoms with van der Waals surface area (Å²) in [6.45, 7) is 8.75. The Labute approximate surface area is 110 Å². The molecule has 4 nitrogen and oxygen atoms in total. The second-order valence-electron chi connectivity index (χ2n) is 5.28. The maximum absolute atomic E-state index is 5.22. The number of nitrogens with zero attached hydrogens (tertiary/aromatic N) is 2. The van der Waals surface area contributed by atoms with E-state index in [9.17, 15) is 0 Å². The Morgan fingerprint density at radius 2 is 2.33 bits per heavy atom. The summed E-state index contributed by atoms with van der Waals surface area (Å²) in [5.74, 6) is 0.946. The topological polar surface area (TPSA) is 41.3 Å². The van der Waals surface area contributed by atoms with Gasteiger partial charge in [-0.05, 0) is 52.2 Å². The van der Waals surface area contributed by atoms with Gasteiger partial charge in [0.25, 0.3) is 0 Å². The fourth-order valence-electron chi connectivity index (χ4n) is 2.64. The van der Waals surface area contributed by atoms with Crippen LogP contribution in [0.15, 0.2) is 10.6 Å². The number of nitrogens with one attached hydrogen (secondary N) is 1. The van der Waals surface area contributed by atoms with Gasteiger partial charge >= 0.3 is 0 Å². The molecule has 0 aromatic carbocycles. The van der Waals surface area contributed by atoms with E-state index in [0.717, 1.165) is 18.0 Å². The molecule has 1 aromatic heterocycles. The molecule has 1 N–H and O–H groups in total. The molecule has 0 radical (unpaired) electrons. The van der Waals surface area contributed by atoms with Crippen LogP contribution in [-0.4, -0.2) is 35.7 Å². The van der Waals surface area contributed by atoms with Crippen molar-refractivity contribution < 1.29 is 4.52 Å². The molecular formula is C14H25N3O. The van der Waals surface area contributed by atoms with Gasteiger partial charge in [0.2, 0.25) is 0 Å². The van der Waals surface area contributed by atoms with Crippen molar-refractivity contribution >= 4 is 0 Å². The number of hydrogen-bond acceptors (Lipinski definition) is 4. The van der Waals surface area contributed by atoms with Crippen molar-refractivity contribution in [1.82, 2.24) is 15.4 Å². The van der Waals surface area contributed by atoms with Gasteiger partial charge in [-0.25, -0.2) is 0 Å². The van der Waals surface area contributed by atoms with Gasteiger partial charge in [0.15, 0.2) is 5.76 Å². The van der Waals surface area contributed by atoms with Gasteiger partial charge in [-0.2, -0.15) is 0 Å². The molecule has 1 atom stereocenters. The molecule has 2 heterocycles. The van der Waals surface area contributed by atoms with Gasteiger partial charge in [-0.1, -0.05) is 12.1 Å². The first-order valence-corrected chi connectivity index (χ1v) is 7.16. The summed E-state index contributed by atoms with van der Waals surface area (Å²) in [4.78, 5) is 2.58. The number of aryl methyl sites for hydroxylation is 1. The molecule has 1 fully saturated rings. The lowest BCUT2D eigenvalue weighted by Gasteiger charge is -2.19. The zero-order chi connectivity index (χ0) is 12.8. The van der Waals surface area contributed by atoms with Crippen molar-refractivity contribution in [2.24, 2.45) is 0 Å². The molecule has 1 aliphatic rings. The minimum Gasteiger partial charge on any atom is -0.360 e.